The predicted molar refractivity (Wildman–Crippen MR) is 75.2 cm³/mol. The molecule has 2 aliphatic rings. The van der Waals surface area contributed by atoms with Crippen molar-refractivity contribution in [3.8, 4) is 0 Å². The van der Waals surface area contributed by atoms with Crippen molar-refractivity contribution in [2.75, 3.05) is 0 Å². The van der Waals surface area contributed by atoms with E-state index in [1.165, 1.54) is 27.2 Å². The summed E-state index contributed by atoms with van der Waals surface area (Å²) in [4.78, 5) is 2.30. The van der Waals surface area contributed by atoms with Gasteiger partial charge >= 0.3 is 0 Å². The Kier molecular flexibility index (Phi) is 2.64. The molecule has 0 bridgehead atoms. The molecule has 0 aromatic heterocycles. The van der Waals surface area contributed by atoms with Crippen LogP contribution in [0.4, 0.5) is 0 Å². The summed E-state index contributed by atoms with van der Waals surface area (Å²) < 4.78 is 0. The number of fused-ring (bicyclic) bond motifs is 2. The molecule has 0 spiro atoms. The summed E-state index contributed by atoms with van der Waals surface area (Å²) in [6, 6.07) is 6.53. The molecule has 0 atom stereocenters. The summed E-state index contributed by atoms with van der Waals surface area (Å²) in [5, 5.41) is 0. The Hall–Kier alpha value is -0.600. The standard InChI is InChI=1S/C14H14S2/c15-11-3-5-13-9(7-11)1-2-10-8-12(16)4-6-14(10)13/h3,5,7-8,15-16H,1-2,4,6H2. The minimum absolute atomic E-state index is 1.07. The van der Waals surface area contributed by atoms with Crippen LogP contribution in [0.15, 0.2) is 39.6 Å². The Morgan fingerprint density at radius 3 is 2.69 bits per heavy atom. The Labute approximate surface area is 107 Å². The molecular formula is C14H14S2. The zero-order chi connectivity index (χ0) is 11.1. The quantitative estimate of drug-likeness (QED) is 0.627. The van der Waals surface area contributed by atoms with Gasteiger partial charge in [0, 0.05) is 4.90 Å². The van der Waals surface area contributed by atoms with Crippen LogP contribution in [-0.4, -0.2) is 0 Å². The zero-order valence-electron chi connectivity index (χ0n) is 9.03. The van der Waals surface area contributed by atoms with Crippen molar-refractivity contribution >= 4 is 30.8 Å². The van der Waals surface area contributed by atoms with Crippen molar-refractivity contribution < 1.29 is 0 Å². The number of benzene rings is 1. The van der Waals surface area contributed by atoms with Gasteiger partial charge in [-0.1, -0.05) is 6.07 Å². The summed E-state index contributed by atoms with van der Waals surface area (Å²) in [6.07, 6.45) is 6.79. The third-order valence-electron chi connectivity index (χ3n) is 3.44. The van der Waals surface area contributed by atoms with E-state index in [1.807, 2.05) is 0 Å². The summed E-state index contributed by atoms with van der Waals surface area (Å²) in [5.74, 6) is 0. The third-order valence-corrected chi connectivity index (χ3v) is 4.07. The maximum absolute atomic E-state index is 4.48. The molecule has 0 N–H and O–H groups in total. The first kappa shape index (κ1) is 10.5. The molecule has 0 saturated carbocycles. The number of hydrogen-bond acceptors (Lipinski definition) is 2. The van der Waals surface area contributed by atoms with E-state index in [2.05, 4.69) is 49.5 Å². The zero-order valence-corrected chi connectivity index (χ0v) is 10.8. The monoisotopic (exact) mass is 246 g/mol. The largest absolute Gasteiger partial charge is 0.148 e. The van der Waals surface area contributed by atoms with Gasteiger partial charge in [-0.25, -0.2) is 0 Å². The lowest BCUT2D eigenvalue weighted by molar-refractivity contribution is 0.889. The Bertz CT molecular complexity index is 509. The average molecular weight is 246 g/mol. The lowest BCUT2D eigenvalue weighted by atomic mass is 9.81. The topological polar surface area (TPSA) is 0 Å². The molecule has 0 nitrogen and oxygen atoms in total. The number of thiol groups is 2. The molecule has 0 fully saturated rings. The first-order valence-corrected chi connectivity index (χ1v) is 6.57. The predicted octanol–water partition coefficient (Wildman–Crippen LogP) is 4.28. The van der Waals surface area contributed by atoms with E-state index in [1.54, 1.807) is 0 Å². The molecule has 82 valence electrons. The van der Waals surface area contributed by atoms with Gasteiger partial charge in [0.25, 0.3) is 0 Å². The van der Waals surface area contributed by atoms with Crippen LogP contribution < -0.4 is 0 Å². The van der Waals surface area contributed by atoms with E-state index >= 15 is 0 Å². The first-order valence-electron chi connectivity index (χ1n) is 5.68. The van der Waals surface area contributed by atoms with Crippen LogP contribution in [0.3, 0.4) is 0 Å². The molecule has 0 heterocycles. The molecular weight excluding hydrogens is 232 g/mol. The van der Waals surface area contributed by atoms with Crippen molar-refractivity contribution in [2.45, 2.75) is 30.6 Å². The molecule has 0 unspecified atom stereocenters. The summed E-state index contributed by atoms with van der Waals surface area (Å²) in [7, 11) is 0. The third kappa shape index (κ3) is 1.74. The molecule has 0 amide bonds. The summed E-state index contributed by atoms with van der Waals surface area (Å²) in [6.45, 7) is 0. The van der Waals surface area contributed by atoms with Gasteiger partial charge in [0.05, 0.1) is 0 Å². The minimum atomic E-state index is 1.07. The van der Waals surface area contributed by atoms with E-state index in [9.17, 15) is 0 Å². The van der Waals surface area contributed by atoms with Gasteiger partial charge in [-0.2, -0.15) is 0 Å². The highest BCUT2D eigenvalue weighted by Crippen LogP contribution is 2.40. The molecule has 16 heavy (non-hydrogen) atoms. The van der Waals surface area contributed by atoms with Crippen molar-refractivity contribution in [3.63, 3.8) is 0 Å². The van der Waals surface area contributed by atoms with Gasteiger partial charge in [0.1, 0.15) is 0 Å². The summed E-state index contributed by atoms with van der Waals surface area (Å²) >= 11 is 8.89. The average Bonchev–Trinajstić information content (AvgIpc) is 2.28. The smallest absolute Gasteiger partial charge is 0.00431 e. The second-order valence-electron chi connectivity index (χ2n) is 4.48. The second-order valence-corrected chi connectivity index (χ2v) is 5.57. The molecule has 0 saturated heterocycles. The van der Waals surface area contributed by atoms with Crippen LogP contribution in [0.25, 0.3) is 5.57 Å². The summed E-state index contributed by atoms with van der Waals surface area (Å²) in [5.41, 5.74) is 5.93. The van der Waals surface area contributed by atoms with Crippen LogP contribution in [-0.2, 0) is 6.42 Å². The maximum atomic E-state index is 4.48. The molecule has 3 rings (SSSR count). The normalized spacial score (nSPS) is 19.0. The fourth-order valence-electron chi connectivity index (χ4n) is 2.66. The van der Waals surface area contributed by atoms with Gasteiger partial charge in [0.15, 0.2) is 0 Å². The van der Waals surface area contributed by atoms with Crippen LogP contribution >= 0.6 is 25.3 Å². The SMILES string of the molecule is SC1=CC2=C(CC1)c1ccc(S)cc1CC2. The Balaban J connectivity index is 2.14. The van der Waals surface area contributed by atoms with Crippen molar-refractivity contribution in [2.24, 2.45) is 0 Å². The molecule has 0 radical (unpaired) electrons. The lowest BCUT2D eigenvalue weighted by Gasteiger charge is -2.25. The Morgan fingerprint density at radius 2 is 1.81 bits per heavy atom. The maximum Gasteiger partial charge on any atom is 0.00431 e. The van der Waals surface area contributed by atoms with Gasteiger partial charge < -0.3 is 0 Å². The first-order chi connectivity index (χ1) is 7.74. The fraction of sp³-hybridized carbons (Fsp3) is 0.286. The number of aryl methyl sites for hydroxylation is 1. The van der Waals surface area contributed by atoms with Gasteiger partial charge in [0.2, 0.25) is 0 Å². The van der Waals surface area contributed by atoms with Crippen molar-refractivity contribution in [1.29, 1.82) is 0 Å². The van der Waals surface area contributed by atoms with Gasteiger partial charge in [-0.15, -0.1) is 25.3 Å². The van der Waals surface area contributed by atoms with E-state index in [0.717, 1.165) is 30.6 Å². The molecule has 2 heteroatoms. The van der Waals surface area contributed by atoms with Crippen LogP contribution in [0.2, 0.25) is 0 Å². The van der Waals surface area contributed by atoms with Crippen LogP contribution in [0.1, 0.15) is 30.4 Å². The Morgan fingerprint density at radius 1 is 0.938 bits per heavy atom. The number of allylic oxidation sites excluding steroid dienone is 4. The van der Waals surface area contributed by atoms with Crippen molar-refractivity contribution in [1.82, 2.24) is 0 Å². The molecule has 1 aromatic carbocycles. The van der Waals surface area contributed by atoms with Crippen LogP contribution in [0.5, 0.6) is 0 Å². The highest BCUT2D eigenvalue weighted by Gasteiger charge is 2.20. The van der Waals surface area contributed by atoms with E-state index < -0.39 is 0 Å². The van der Waals surface area contributed by atoms with Gasteiger partial charge in [-0.3, -0.25) is 0 Å². The number of hydrogen-bond donors (Lipinski definition) is 2. The number of rotatable bonds is 0. The lowest BCUT2D eigenvalue weighted by Crippen LogP contribution is -2.07. The highest BCUT2D eigenvalue weighted by molar-refractivity contribution is 7.84. The molecule has 1 aromatic rings. The van der Waals surface area contributed by atoms with E-state index in [0.29, 0.717) is 0 Å². The van der Waals surface area contributed by atoms with Gasteiger partial charge in [-0.05, 0) is 71.1 Å². The van der Waals surface area contributed by atoms with E-state index in [4.69, 9.17) is 0 Å². The fourth-order valence-corrected chi connectivity index (χ4v) is 3.15. The van der Waals surface area contributed by atoms with Crippen molar-refractivity contribution in [3.05, 3.63) is 45.9 Å². The van der Waals surface area contributed by atoms with Crippen LogP contribution in [0, 0.1) is 0 Å². The molecule has 2 aliphatic carbocycles. The minimum Gasteiger partial charge on any atom is -0.148 e. The molecule has 0 aliphatic heterocycles. The second kappa shape index (κ2) is 4.01. The highest BCUT2D eigenvalue weighted by atomic mass is 32.1. The van der Waals surface area contributed by atoms with E-state index in [-0.39, 0.29) is 0 Å².